The van der Waals surface area contributed by atoms with Crippen molar-refractivity contribution < 1.29 is 17.6 Å². The Hall–Kier alpha value is -2.45. The van der Waals surface area contributed by atoms with E-state index in [1.54, 1.807) is 24.3 Å². The van der Waals surface area contributed by atoms with Crippen LogP contribution in [0.25, 0.3) is 0 Å². The van der Waals surface area contributed by atoms with Crippen LogP contribution in [0.3, 0.4) is 0 Å². The maximum absolute atomic E-state index is 13.9. The van der Waals surface area contributed by atoms with Crippen molar-refractivity contribution in [2.24, 2.45) is 0 Å². The Morgan fingerprint density at radius 2 is 1.79 bits per heavy atom. The van der Waals surface area contributed by atoms with Crippen LogP contribution in [0.5, 0.6) is 0 Å². The first kappa shape index (κ1) is 21.3. The normalized spacial score (nSPS) is 14.8. The fourth-order valence-corrected chi connectivity index (χ4v) is 4.32. The minimum absolute atomic E-state index is 0.0234. The maximum atomic E-state index is 13.9. The summed E-state index contributed by atoms with van der Waals surface area (Å²) in [6, 6.07) is 10.9. The van der Waals surface area contributed by atoms with Gasteiger partial charge in [0.25, 0.3) is 5.91 Å². The van der Waals surface area contributed by atoms with Gasteiger partial charge in [0, 0.05) is 45.0 Å². The molecule has 1 heterocycles. The van der Waals surface area contributed by atoms with Crippen LogP contribution in [-0.2, 0) is 16.6 Å². The zero-order chi connectivity index (χ0) is 21.0. The number of benzene rings is 2. The van der Waals surface area contributed by atoms with E-state index < -0.39 is 21.7 Å². The summed E-state index contributed by atoms with van der Waals surface area (Å²) < 4.78 is 40.1. The molecular formula is C21H26FN3O3S. The molecule has 0 aromatic heterocycles. The van der Waals surface area contributed by atoms with Crippen molar-refractivity contribution in [3.05, 3.63) is 59.4 Å². The highest BCUT2D eigenvalue weighted by Gasteiger charge is 2.24. The van der Waals surface area contributed by atoms with E-state index in [1.807, 2.05) is 0 Å². The number of nitrogens with zero attached hydrogens (tertiary/aromatic N) is 2. The number of piperidine rings is 1. The Balaban J connectivity index is 1.94. The Bertz CT molecular complexity index is 986. The average molecular weight is 420 g/mol. The topological polar surface area (TPSA) is 69.7 Å². The molecule has 1 fully saturated rings. The lowest BCUT2D eigenvalue weighted by molar-refractivity contribution is 0.0951. The van der Waals surface area contributed by atoms with E-state index in [-0.39, 0.29) is 17.0 Å². The maximum Gasteiger partial charge on any atom is 0.253 e. The van der Waals surface area contributed by atoms with Gasteiger partial charge in [-0.15, -0.1) is 0 Å². The smallest absolute Gasteiger partial charge is 0.253 e. The standard InChI is InChI=1S/C21H26FN3O3S/c1-24(2)29(27,28)17-10-11-20(25-12-6-3-7-13-25)18(14-17)21(26)23-15-16-8-4-5-9-19(16)22/h4-5,8-11,14H,3,6-7,12-13,15H2,1-2H3,(H,23,26). The first-order chi connectivity index (χ1) is 13.8. The molecule has 6 nitrogen and oxygen atoms in total. The number of nitrogens with one attached hydrogen (secondary N) is 1. The van der Waals surface area contributed by atoms with E-state index in [9.17, 15) is 17.6 Å². The van der Waals surface area contributed by atoms with Gasteiger partial charge in [-0.25, -0.2) is 17.1 Å². The SMILES string of the molecule is CN(C)S(=O)(=O)c1ccc(N2CCCCC2)c(C(=O)NCc2ccccc2F)c1. The van der Waals surface area contributed by atoms with Gasteiger partial charge >= 0.3 is 0 Å². The molecule has 1 amide bonds. The van der Waals surface area contributed by atoms with Crippen LogP contribution in [0.4, 0.5) is 10.1 Å². The van der Waals surface area contributed by atoms with Crippen molar-refractivity contribution in [1.29, 1.82) is 0 Å². The van der Waals surface area contributed by atoms with Crippen LogP contribution in [0.15, 0.2) is 47.4 Å². The molecule has 1 saturated heterocycles. The van der Waals surface area contributed by atoms with Crippen LogP contribution >= 0.6 is 0 Å². The summed E-state index contributed by atoms with van der Waals surface area (Å²) in [5, 5.41) is 2.73. The molecule has 0 atom stereocenters. The van der Waals surface area contributed by atoms with Gasteiger partial charge in [0.05, 0.1) is 10.5 Å². The molecule has 1 aliphatic rings. The molecule has 0 saturated carbocycles. The van der Waals surface area contributed by atoms with Crippen molar-refractivity contribution in [2.75, 3.05) is 32.1 Å². The summed E-state index contributed by atoms with van der Waals surface area (Å²) in [7, 11) is -0.779. The molecule has 2 aromatic carbocycles. The average Bonchev–Trinajstić information content (AvgIpc) is 2.73. The van der Waals surface area contributed by atoms with E-state index >= 15 is 0 Å². The van der Waals surface area contributed by atoms with Crippen molar-refractivity contribution >= 4 is 21.6 Å². The number of amides is 1. The van der Waals surface area contributed by atoms with E-state index in [4.69, 9.17) is 0 Å². The minimum atomic E-state index is -3.68. The van der Waals surface area contributed by atoms with Gasteiger partial charge in [-0.3, -0.25) is 4.79 Å². The molecule has 3 rings (SSSR count). The molecule has 1 aliphatic heterocycles. The summed E-state index contributed by atoms with van der Waals surface area (Å²) in [6.07, 6.45) is 3.18. The van der Waals surface area contributed by atoms with Crippen LogP contribution in [0.2, 0.25) is 0 Å². The molecule has 0 spiro atoms. The summed E-state index contributed by atoms with van der Waals surface area (Å²) >= 11 is 0. The summed E-state index contributed by atoms with van der Waals surface area (Å²) in [4.78, 5) is 15.1. The van der Waals surface area contributed by atoms with Crippen molar-refractivity contribution in [3.8, 4) is 0 Å². The first-order valence-electron chi connectivity index (χ1n) is 9.64. The third kappa shape index (κ3) is 4.76. The lowest BCUT2D eigenvalue weighted by atomic mass is 10.1. The number of hydrogen-bond donors (Lipinski definition) is 1. The Kier molecular flexibility index (Phi) is 6.54. The summed E-state index contributed by atoms with van der Waals surface area (Å²) in [5.74, 6) is -0.822. The zero-order valence-electron chi connectivity index (χ0n) is 16.7. The lowest BCUT2D eigenvalue weighted by Crippen LogP contribution is -2.33. The summed E-state index contributed by atoms with van der Waals surface area (Å²) in [6.45, 7) is 1.65. The minimum Gasteiger partial charge on any atom is -0.371 e. The number of anilines is 1. The summed E-state index contributed by atoms with van der Waals surface area (Å²) in [5.41, 5.74) is 1.36. The fraction of sp³-hybridized carbons (Fsp3) is 0.381. The molecule has 0 radical (unpaired) electrons. The number of carbonyl (C=O) groups excluding carboxylic acids is 1. The van der Waals surface area contributed by atoms with Gasteiger partial charge in [-0.05, 0) is 43.5 Å². The number of sulfonamides is 1. The lowest BCUT2D eigenvalue weighted by Gasteiger charge is -2.30. The first-order valence-corrected chi connectivity index (χ1v) is 11.1. The monoisotopic (exact) mass is 419 g/mol. The second-order valence-corrected chi connectivity index (χ2v) is 9.44. The Morgan fingerprint density at radius 3 is 2.45 bits per heavy atom. The third-order valence-corrected chi connectivity index (χ3v) is 6.90. The van der Waals surface area contributed by atoms with Crippen molar-refractivity contribution in [1.82, 2.24) is 9.62 Å². The predicted molar refractivity (Wildman–Crippen MR) is 111 cm³/mol. The third-order valence-electron chi connectivity index (χ3n) is 5.09. The highest BCUT2D eigenvalue weighted by Crippen LogP contribution is 2.28. The fourth-order valence-electron chi connectivity index (χ4n) is 3.39. The van der Waals surface area contributed by atoms with Gasteiger partial charge in [-0.1, -0.05) is 18.2 Å². The molecule has 0 bridgehead atoms. The second-order valence-electron chi connectivity index (χ2n) is 7.29. The molecule has 2 aromatic rings. The highest BCUT2D eigenvalue weighted by molar-refractivity contribution is 7.89. The zero-order valence-corrected chi connectivity index (χ0v) is 17.5. The van der Waals surface area contributed by atoms with Crippen molar-refractivity contribution in [2.45, 2.75) is 30.7 Å². The van der Waals surface area contributed by atoms with Crippen LogP contribution in [-0.4, -0.2) is 45.8 Å². The highest BCUT2D eigenvalue weighted by atomic mass is 32.2. The number of halogens is 1. The molecule has 156 valence electrons. The molecule has 0 unspecified atom stereocenters. The van der Waals surface area contributed by atoms with E-state index in [0.29, 0.717) is 11.3 Å². The quantitative estimate of drug-likeness (QED) is 0.782. The molecule has 1 N–H and O–H groups in total. The number of carbonyl (C=O) groups is 1. The molecule has 8 heteroatoms. The van der Waals surface area contributed by atoms with Gasteiger partial charge in [-0.2, -0.15) is 0 Å². The number of rotatable bonds is 6. The Morgan fingerprint density at radius 1 is 1.10 bits per heavy atom. The predicted octanol–water partition coefficient (Wildman–Crippen LogP) is 3.00. The van der Waals surface area contributed by atoms with Gasteiger partial charge in [0.15, 0.2) is 0 Å². The van der Waals surface area contributed by atoms with Gasteiger partial charge < -0.3 is 10.2 Å². The second kappa shape index (κ2) is 8.92. The number of hydrogen-bond acceptors (Lipinski definition) is 4. The van der Waals surface area contributed by atoms with E-state index in [2.05, 4.69) is 10.2 Å². The van der Waals surface area contributed by atoms with Gasteiger partial charge in [0.1, 0.15) is 5.82 Å². The van der Waals surface area contributed by atoms with Crippen LogP contribution in [0, 0.1) is 5.82 Å². The van der Waals surface area contributed by atoms with E-state index in [0.717, 1.165) is 36.7 Å². The van der Waals surface area contributed by atoms with Crippen LogP contribution < -0.4 is 10.2 Å². The van der Waals surface area contributed by atoms with Crippen LogP contribution in [0.1, 0.15) is 35.2 Å². The van der Waals surface area contributed by atoms with Gasteiger partial charge in [0.2, 0.25) is 10.0 Å². The van der Waals surface area contributed by atoms with E-state index in [1.165, 1.54) is 32.3 Å². The van der Waals surface area contributed by atoms with Crippen molar-refractivity contribution in [3.63, 3.8) is 0 Å². The molecule has 0 aliphatic carbocycles. The Labute approximate surface area is 171 Å². The molecular weight excluding hydrogens is 393 g/mol. The largest absolute Gasteiger partial charge is 0.371 e. The molecule has 29 heavy (non-hydrogen) atoms.